The monoisotopic (exact) mass is 286 g/mol. The first-order valence-electron chi connectivity index (χ1n) is 6.84. The smallest absolute Gasteiger partial charge is 0.222 e. The average Bonchev–Trinajstić information content (AvgIpc) is 2.46. The molecule has 110 valence electrons. The molecule has 1 aromatic heterocycles. The van der Waals surface area contributed by atoms with E-state index in [1.807, 2.05) is 30.3 Å². The molecule has 1 saturated heterocycles. The molecule has 0 bridgehead atoms. The summed E-state index contributed by atoms with van der Waals surface area (Å²) in [5, 5.41) is 9.10. The number of methoxy groups -OCH3 is 1. The molecule has 1 aliphatic rings. The maximum Gasteiger partial charge on any atom is 0.222 e. The molecule has 0 radical (unpaired) electrons. The summed E-state index contributed by atoms with van der Waals surface area (Å²) < 4.78 is 5.23. The van der Waals surface area contributed by atoms with E-state index in [2.05, 4.69) is 14.9 Å². The third-order valence-corrected chi connectivity index (χ3v) is 3.63. The van der Waals surface area contributed by atoms with Gasteiger partial charge in [0.1, 0.15) is 11.6 Å². The number of nitrogen functional groups attached to an aromatic ring is 1. The minimum absolute atomic E-state index is 0.208. The Kier molecular flexibility index (Phi) is 3.62. The van der Waals surface area contributed by atoms with Gasteiger partial charge in [0.05, 0.1) is 12.8 Å². The third-order valence-electron chi connectivity index (χ3n) is 3.63. The summed E-state index contributed by atoms with van der Waals surface area (Å²) in [5.74, 6) is 2.14. The highest BCUT2D eigenvalue weighted by atomic mass is 16.5. The number of hydrogen-bond acceptors (Lipinski definition) is 6. The minimum Gasteiger partial charge on any atom is -0.497 e. The van der Waals surface area contributed by atoms with Gasteiger partial charge in [-0.2, -0.15) is 4.98 Å². The van der Waals surface area contributed by atoms with Crippen molar-refractivity contribution in [1.82, 2.24) is 9.97 Å². The lowest BCUT2D eigenvalue weighted by molar-refractivity contribution is 0.200. The van der Waals surface area contributed by atoms with Crippen molar-refractivity contribution in [3.63, 3.8) is 0 Å². The molecule has 0 unspecified atom stereocenters. The summed E-state index contributed by atoms with van der Waals surface area (Å²) in [5.41, 5.74) is 7.52. The van der Waals surface area contributed by atoms with Gasteiger partial charge in [0.15, 0.2) is 0 Å². The highest BCUT2D eigenvalue weighted by Crippen LogP contribution is 2.28. The van der Waals surface area contributed by atoms with Gasteiger partial charge in [0.25, 0.3) is 0 Å². The second kappa shape index (κ2) is 5.57. The Labute approximate surface area is 123 Å². The quantitative estimate of drug-likeness (QED) is 0.877. The van der Waals surface area contributed by atoms with Crippen molar-refractivity contribution in [2.75, 3.05) is 37.4 Å². The van der Waals surface area contributed by atoms with Crippen LogP contribution in [0.1, 0.15) is 0 Å². The van der Waals surface area contributed by atoms with Crippen LogP contribution in [0.15, 0.2) is 30.3 Å². The Morgan fingerprint density at radius 3 is 2.86 bits per heavy atom. The number of aliphatic hydroxyl groups is 1. The number of rotatable bonds is 4. The predicted octanol–water partition coefficient (Wildman–Crippen LogP) is 1.16. The van der Waals surface area contributed by atoms with Gasteiger partial charge >= 0.3 is 0 Å². The first-order valence-corrected chi connectivity index (χ1v) is 6.84. The first-order chi connectivity index (χ1) is 10.2. The molecule has 2 aromatic rings. The van der Waals surface area contributed by atoms with Crippen molar-refractivity contribution in [3.05, 3.63) is 30.3 Å². The first kappa shape index (κ1) is 13.6. The number of nitrogens with two attached hydrogens (primary N) is 1. The van der Waals surface area contributed by atoms with Gasteiger partial charge in [0, 0.05) is 37.2 Å². The Morgan fingerprint density at radius 1 is 1.33 bits per heavy atom. The Bertz CT molecular complexity index is 641. The second-order valence-electron chi connectivity index (χ2n) is 5.16. The molecule has 0 atom stereocenters. The van der Waals surface area contributed by atoms with Crippen molar-refractivity contribution in [2.45, 2.75) is 0 Å². The second-order valence-corrected chi connectivity index (χ2v) is 5.16. The number of aromatic nitrogens is 2. The lowest BCUT2D eigenvalue weighted by Gasteiger charge is -2.39. The van der Waals surface area contributed by atoms with Crippen LogP contribution in [-0.2, 0) is 0 Å². The fraction of sp³-hybridized carbons (Fsp3) is 0.333. The molecule has 0 aliphatic carbocycles. The third kappa shape index (κ3) is 2.75. The Balaban J connectivity index is 1.90. The Morgan fingerprint density at radius 2 is 2.14 bits per heavy atom. The summed E-state index contributed by atoms with van der Waals surface area (Å²) >= 11 is 0. The largest absolute Gasteiger partial charge is 0.497 e. The summed E-state index contributed by atoms with van der Waals surface area (Å²) in [7, 11) is 1.63. The van der Waals surface area contributed by atoms with Crippen LogP contribution in [0.4, 0.5) is 11.8 Å². The molecular weight excluding hydrogens is 268 g/mol. The van der Waals surface area contributed by atoms with E-state index in [0.29, 0.717) is 5.92 Å². The summed E-state index contributed by atoms with van der Waals surface area (Å²) in [6, 6.07) is 9.59. The Hall–Kier alpha value is -2.34. The SMILES string of the molecule is COc1cccc(-c2cc(N3CC(CO)C3)nc(N)n2)c1. The molecule has 21 heavy (non-hydrogen) atoms. The molecule has 0 saturated carbocycles. The van der Waals surface area contributed by atoms with Crippen LogP contribution in [0.2, 0.25) is 0 Å². The number of nitrogens with zero attached hydrogens (tertiary/aromatic N) is 3. The fourth-order valence-corrected chi connectivity index (χ4v) is 2.42. The van der Waals surface area contributed by atoms with Crippen molar-refractivity contribution >= 4 is 11.8 Å². The van der Waals surface area contributed by atoms with E-state index in [1.54, 1.807) is 7.11 Å². The minimum atomic E-state index is 0.208. The standard InChI is InChI=1S/C15H18N4O2/c1-21-12-4-2-3-11(5-12)13-6-14(18-15(16)17-13)19-7-10(8-19)9-20/h2-6,10,20H,7-9H2,1H3,(H2,16,17,18). The maximum atomic E-state index is 9.10. The zero-order valence-corrected chi connectivity index (χ0v) is 11.9. The number of hydrogen-bond donors (Lipinski definition) is 2. The van der Waals surface area contributed by atoms with E-state index in [-0.39, 0.29) is 12.6 Å². The van der Waals surface area contributed by atoms with E-state index in [4.69, 9.17) is 15.6 Å². The van der Waals surface area contributed by atoms with Gasteiger partial charge in [-0.1, -0.05) is 12.1 Å². The van der Waals surface area contributed by atoms with Gasteiger partial charge in [-0.05, 0) is 12.1 Å². The summed E-state index contributed by atoms with van der Waals surface area (Å²) in [6.45, 7) is 1.80. The lowest BCUT2D eigenvalue weighted by atomic mass is 10.0. The average molecular weight is 286 g/mol. The van der Waals surface area contributed by atoms with Gasteiger partial charge in [-0.15, -0.1) is 0 Å². The summed E-state index contributed by atoms with van der Waals surface area (Å²) in [4.78, 5) is 10.7. The van der Waals surface area contributed by atoms with Crippen molar-refractivity contribution in [2.24, 2.45) is 5.92 Å². The number of benzene rings is 1. The number of anilines is 2. The molecule has 2 heterocycles. The van der Waals surface area contributed by atoms with Crippen molar-refractivity contribution < 1.29 is 9.84 Å². The predicted molar refractivity (Wildman–Crippen MR) is 81.2 cm³/mol. The number of ether oxygens (including phenoxy) is 1. The molecule has 0 spiro atoms. The van der Waals surface area contributed by atoms with Gasteiger partial charge in [0.2, 0.25) is 5.95 Å². The van der Waals surface area contributed by atoms with Crippen LogP contribution >= 0.6 is 0 Å². The molecule has 1 fully saturated rings. The molecule has 1 aromatic carbocycles. The van der Waals surface area contributed by atoms with Gasteiger partial charge in [-0.3, -0.25) is 0 Å². The highest BCUT2D eigenvalue weighted by Gasteiger charge is 2.27. The van der Waals surface area contributed by atoms with E-state index in [0.717, 1.165) is 35.9 Å². The van der Waals surface area contributed by atoms with E-state index >= 15 is 0 Å². The van der Waals surface area contributed by atoms with Gasteiger partial charge in [-0.25, -0.2) is 4.98 Å². The van der Waals surface area contributed by atoms with Crippen LogP contribution in [0.25, 0.3) is 11.3 Å². The summed E-state index contributed by atoms with van der Waals surface area (Å²) in [6.07, 6.45) is 0. The molecule has 6 heteroatoms. The van der Waals surface area contributed by atoms with E-state index < -0.39 is 0 Å². The topological polar surface area (TPSA) is 84.5 Å². The van der Waals surface area contributed by atoms with Crippen LogP contribution in [0.3, 0.4) is 0 Å². The number of aliphatic hydroxyl groups excluding tert-OH is 1. The molecule has 3 N–H and O–H groups in total. The highest BCUT2D eigenvalue weighted by molar-refractivity contribution is 5.66. The molecule has 6 nitrogen and oxygen atoms in total. The van der Waals surface area contributed by atoms with Crippen molar-refractivity contribution in [1.29, 1.82) is 0 Å². The molecule has 1 aliphatic heterocycles. The zero-order valence-electron chi connectivity index (χ0n) is 11.9. The van der Waals surface area contributed by atoms with Crippen LogP contribution in [0.5, 0.6) is 5.75 Å². The van der Waals surface area contributed by atoms with E-state index in [1.165, 1.54) is 0 Å². The molecular formula is C15H18N4O2. The van der Waals surface area contributed by atoms with Crippen LogP contribution in [0, 0.1) is 5.92 Å². The maximum absolute atomic E-state index is 9.10. The van der Waals surface area contributed by atoms with Gasteiger partial charge < -0.3 is 20.5 Å². The molecule has 3 rings (SSSR count). The lowest BCUT2D eigenvalue weighted by Crippen LogP contribution is -2.48. The van der Waals surface area contributed by atoms with Crippen LogP contribution < -0.4 is 15.4 Å². The van der Waals surface area contributed by atoms with Crippen LogP contribution in [-0.4, -0.2) is 41.9 Å². The zero-order chi connectivity index (χ0) is 14.8. The van der Waals surface area contributed by atoms with E-state index in [9.17, 15) is 0 Å². The molecule has 0 amide bonds. The normalized spacial score (nSPS) is 14.9. The fourth-order valence-electron chi connectivity index (χ4n) is 2.42. The van der Waals surface area contributed by atoms with Crippen molar-refractivity contribution in [3.8, 4) is 17.0 Å².